The molecule has 4 atom stereocenters. The first-order valence-corrected chi connectivity index (χ1v) is 9.00. The second-order valence-corrected chi connectivity index (χ2v) is 6.98. The molecule has 2 aliphatic carbocycles. The van der Waals surface area contributed by atoms with E-state index in [1.165, 1.54) is 56.2 Å². The molecule has 4 unspecified atom stereocenters. The molecule has 2 nitrogen and oxygen atoms in total. The maximum Gasteiger partial charge on any atom is 0.0482 e. The fourth-order valence-electron chi connectivity index (χ4n) is 4.68. The van der Waals surface area contributed by atoms with Crippen molar-refractivity contribution in [3.63, 3.8) is 0 Å². The molecule has 2 aliphatic rings. The van der Waals surface area contributed by atoms with Gasteiger partial charge < -0.3 is 5.32 Å². The third-order valence-corrected chi connectivity index (χ3v) is 5.78. The molecule has 0 saturated heterocycles. The van der Waals surface area contributed by atoms with E-state index in [1.807, 2.05) is 6.20 Å². The number of nitrogens with zero attached hydrogens (tertiary/aromatic N) is 1. The summed E-state index contributed by atoms with van der Waals surface area (Å²) in [5.41, 5.74) is 2.90. The van der Waals surface area contributed by atoms with Gasteiger partial charge >= 0.3 is 0 Å². The quantitative estimate of drug-likeness (QED) is 0.872. The van der Waals surface area contributed by atoms with Gasteiger partial charge in [-0.2, -0.15) is 0 Å². The van der Waals surface area contributed by atoms with Gasteiger partial charge in [0, 0.05) is 23.9 Å². The maximum absolute atomic E-state index is 4.77. The Kier molecular flexibility index (Phi) is 4.95. The number of hydrogen-bond acceptors (Lipinski definition) is 2. The zero-order chi connectivity index (χ0) is 14.7. The molecule has 1 saturated carbocycles. The second kappa shape index (κ2) is 6.91. The first-order chi connectivity index (χ1) is 10.3. The van der Waals surface area contributed by atoms with Crippen LogP contribution in [0.15, 0.2) is 18.3 Å². The van der Waals surface area contributed by atoms with E-state index >= 15 is 0 Å². The lowest BCUT2D eigenvalue weighted by atomic mass is 9.76. The number of aryl methyl sites for hydroxylation is 1. The fraction of sp³-hybridized carbons (Fsp3) is 0.737. The summed E-state index contributed by atoms with van der Waals surface area (Å²) < 4.78 is 0. The third kappa shape index (κ3) is 3.15. The molecule has 3 rings (SSSR count). The molecule has 0 radical (unpaired) electrons. The Morgan fingerprint density at radius 1 is 1.29 bits per heavy atom. The Morgan fingerprint density at radius 2 is 2.19 bits per heavy atom. The van der Waals surface area contributed by atoms with Gasteiger partial charge in [0.2, 0.25) is 0 Å². The highest BCUT2D eigenvalue weighted by atomic mass is 14.9. The minimum atomic E-state index is 0.635. The fourth-order valence-corrected chi connectivity index (χ4v) is 4.68. The highest BCUT2D eigenvalue weighted by Gasteiger charge is 2.37. The summed E-state index contributed by atoms with van der Waals surface area (Å²) in [4.78, 5) is 4.77. The van der Waals surface area contributed by atoms with E-state index in [4.69, 9.17) is 4.98 Å². The standard InChI is InChI=1S/C19H30N2/c1-3-14-10-11-16(13-14)19(20-4-2)17-9-5-7-15-8-6-12-21-18(15)17/h6,8,12,14,16-17,19-20H,3-5,7,9-11,13H2,1-2H3. The molecule has 1 heterocycles. The molecule has 2 heteroatoms. The number of hydrogen-bond donors (Lipinski definition) is 1. The number of likely N-dealkylation sites (N-methyl/N-ethyl adjacent to an activating group) is 1. The van der Waals surface area contributed by atoms with Crippen molar-refractivity contribution in [3.05, 3.63) is 29.6 Å². The minimum Gasteiger partial charge on any atom is -0.313 e. The zero-order valence-electron chi connectivity index (χ0n) is 13.6. The van der Waals surface area contributed by atoms with E-state index in [9.17, 15) is 0 Å². The van der Waals surface area contributed by atoms with E-state index in [2.05, 4.69) is 31.3 Å². The van der Waals surface area contributed by atoms with Crippen LogP contribution in [0.2, 0.25) is 0 Å². The minimum absolute atomic E-state index is 0.635. The second-order valence-electron chi connectivity index (χ2n) is 6.98. The highest BCUT2D eigenvalue weighted by molar-refractivity contribution is 5.27. The number of fused-ring (bicyclic) bond motifs is 1. The summed E-state index contributed by atoms with van der Waals surface area (Å²) in [6.45, 7) is 5.69. The molecule has 1 aromatic heterocycles. The van der Waals surface area contributed by atoms with Gasteiger partial charge in [0.15, 0.2) is 0 Å². The van der Waals surface area contributed by atoms with Crippen molar-refractivity contribution in [2.45, 2.75) is 70.8 Å². The number of rotatable bonds is 5. The van der Waals surface area contributed by atoms with Gasteiger partial charge in [-0.1, -0.05) is 32.8 Å². The first-order valence-electron chi connectivity index (χ1n) is 9.00. The molecule has 1 aromatic rings. The summed E-state index contributed by atoms with van der Waals surface area (Å²) >= 11 is 0. The van der Waals surface area contributed by atoms with E-state index in [0.29, 0.717) is 12.0 Å². The molecule has 0 amide bonds. The van der Waals surface area contributed by atoms with Gasteiger partial charge in [-0.3, -0.25) is 4.98 Å². The normalized spacial score (nSPS) is 30.1. The molecule has 21 heavy (non-hydrogen) atoms. The van der Waals surface area contributed by atoms with Crippen LogP contribution in [0.5, 0.6) is 0 Å². The largest absolute Gasteiger partial charge is 0.313 e. The van der Waals surface area contributed by atoms with Crippen LogP contribution in [-0.2, 0) is 6.42 Å². The van der Waals surface area contributed by atoms with Crippen LogP contribution >= 0.6 is 0 Å². The van der Waals surface area contributed by atoms with Crippen molar-refractivity contribution in [3.8, 4) is 0 Å². The van der Waals surface area contributed by atoms with Crippen molar-refractivity contribution in [2.24, 2.45) is 11.8 Å². The van der Waals surface area contributed by atoms with Crippen LogP contribution in [0.4, 0.5) is 0 Å². The van der Waals surface area contributed by atoms with Gasteiger partial charge in [0.25, 0.3) is 0 Å². The Labute approximate surface area is 129 Å². The number of pyridine rings is 1. The van der Waals surface area contributed by atoms with Crippen LogP contribution in [0, 0.1) is 11.8 Å². The van der Waals surface area contributed by atoms with Gasteiger partial charge in [0.1, 0.15) is 0 Å². The van der Waals surface area contributed by atoms with Crippen molar-refractivity contribution in [1.29, 1.82) is 0 Å². The van der Waals surface area contributed by atoms with E-state index in [-0.39, 0.29) is 0 Å². The number of aromatic nitrogens is 1. The van der Waals surface area contributed by atoms with Crippen molar-refractivity contribution in [1.82, 2.24) is 10.3 Å². The van der Waals surface area contributed by atoms with Gasteiger partial charge in [-0.05, 0) is 62.1 Å². The molecule has 116 valence electrons. The van der Waals surface area contributed by atoms with Gasteiger partial charge in [0.05, 0.1) is 0 Å². The average molecular weight is 286 g/mol. The van der Waals surface area contributed by atoms with Gasteiger partial charge in [-0.15, -0.1) is 0 Å². The Morgan fingerprint density at radius 3 is 2.95 bits per heavy atom. The SMILES string of the molecule is CCNC(C1CCC(CC)C1)C1CCCc2cccnc21. The Hall–Kier alpha value is -0.890. The topological polar surface area (TPSA) is 24.9 Å². The van der Waals surface area contributed by atoms with Crippen LogP contribution < -0.4 is 5.32 Å². The molecule has 0 spiro atoms. The zero-order valence-corrected chi connectivity index (χ0v) is 13.6. The Bertz CT molecular complexity index is 457. The molecular weight excluding hydrogens is 256 g/mol. The summed E-state index contributed by atoms with van der Waals surface area (Å²) in [7, 11) is 0. The molecular formula is C19H30N2. The molecule has 1 N–H and O–H groups in total. The molecule has 0 bridgehead atoms. The lowest BCUT2D eigenvalue weighted by molar-refractivity contribution is 0.283. The maximum atomic E-state index is 4.77. The summed E-state index contributed by atoms with van der Waals surface area (Å²) in [5, 5.41) is 3.84. The highest BCUT2D eigenvalue weighted by Crippen LogP contribution is 2.42. The van der Waals surface area contributed by atoms with E-state index in [0.717, 1.165) is 18.4 Å². The van der Waals surface area contributed by atoms with E-state index < -0.39 is 0 Å². The molecule has 0 aliphatic heterocycles. The third-order valence-electron chi connectivity index (χ3n) is 5.78. The van der Waals surface area contributed by atoms with Crippen molar-refractivity contribution in [2.75, 3.05) is 6.54 Å². The van der Waals surface area contributed by atoms with E-state index in [1.54, 1.807) is 0 Å². The molecule has 1 fully saturated rings. The summed E-state index contributed by atoms with van der Waals surface area (Å²) in [6.07, 6.45) is 11.5. The Balaban J connectivity index is 1.82. The predicted molar refractivity (Wildman–Crippen MR) is 88.5 cm³/mol. The van der Waals surface area contributed by atoms with Crippen LogP contribution in [0.1, 0.15) is 69.5 Å². The van der Waals surface area contributed by atoms with Crippen LogP contribution in [0.25, 0.3) is 0 Å². The van der Waals surface area contributed by atoms with Crippen LogP contribution in [-0.4, -0.2) is 17.6 Å². The lowest BCUT2D eigenvalue weighted by Gasteiger charge is -2.35. The monoisotopic (exact) mass is 286 g/mol. The van der Waals surface area contributed by atoms with Crippen molar-refractivity contribution >= 4 is 0 Å². The smallest absolute Gasteiger partial charge is 0.0482 e. The summed E-state index contributed by atoms with van der Waals surface area (Å²) in [6, 6.07) is 5.04. The van der Waals surface area contributed by atoms with Crippen molar-refractivity contribution < 1.29 is 0 Å². The lowest BCUT2D eigenvalue weighted by Crippen LogP contribution is -2.42. The average Bonchev–Trinajstić information content (AvgIpc) is 3.01. The number of nitrogens with one attached hydrogen (secondary N) is 1. The first kappa shape index (κ1) is 15.0. The molecule has 0 aromatic carbocycles. The summed E-state index contributed by atoms with van der Waals surface area (Å²) in [5.74, 6) is 2.45. The van der Waals surface area contributed by atoms with Gasteiger partial charge in [-0.25, -0.2) is 0 Å². The van der Waals surface area contributed by atoms with Crippen LogP contribution in [0.3, 0.4) is 0 Å². The predicted octanol–water partition coefficient (Wildman–Crippen LogP) is 4.31.